The Morgan fingerprint density at radius 3 is 2.32 bits per heavy atom. The summed E-state index contributed by atoms with van der Waals surface area (Å²) in [7, 11) is -3.62. The normalized spacial score (nSPS) is 22.7. The minimum atomic E-state index is -3.62. The topological polar surface area (TPSA) is 86.8 Å². The number of rotatable bonds is 7. The summed E-state index contributed by atoms with van der Waals surface area (Å²) in [6.45, 7) is 9.46. The minimum Gasteiger partial charge on any atom is -0.352 e. The van der Waals surface area contributed by atoms with Crippen molar-refractivity contribution in [3.05, 3.63) is 29.8 Å². The second-order valence-electron chi connectivity index (χ2n) is 9.18. The predicted molar refractivity (Wildman–Crippen MR) is 120 cm³/mol. The third-order valence-electron chi connectivity index (χ3n) is 6.39. The van der Waals surface area contributed by atoms with Gasteiger partial charge in [0.15, 0.2) is 5.78 Å². The minimum absolute atomic E-state index is 0.0282. The Labute approximate surface area is 186 Å². The summed E-state index contributed by atoms with van der Waals surface area (Å²) in [5.74, 6) is 0.482. The molecule has 0 saturated carbocycles. The van der Waals surface area contributed by atoms with E-state index in [1.165, 1.54) is 36.2 Å². The van der Waals surface area contributed by atoms with Crippen molar-refractivity contribution in [1.82, 2.24) is 14.5 Å². The Balaban J connectivity index is 1.50. The van der Waals surface area contributed by atoms with Gasteiger partial charge in [-0.3, -0.25) is 9.59 Å². The number of sulfonamides is 1. The van der Waals surface area contributed by atoms with E-state index in [0.29, 0.717) is 37.4 Å². The molecule has 1 aromatic carbocycles. The highest BCUT2D eigenvalue weighted by Gasteiger charge is 2.32. The number of carbonyl (C=O) groups excluding carboxylic acids is 2. The van der Waals surface area contributed by atoms with Gasteiger partial charge in [-0.2, -0.15) is 4.31 Å². The average Bonchev–Trinajstić information content (AvgIpc) is 2.73. The quantitative estimate of drug-likeness (QED) is 0.647. The van der Waals surface area contributed by atoms with E-state index >= 15 is 0 Å². The van der Waals surface area contributed by atoms with Crippen LogP contribution < -0.4 is 5.32 Å². The van der Waals surface area contributed by atoms with E-state index in [0.717, 1.165) is 19.6 Å². The van der Waals surface area contributed by atoms with Crippen LogP contribution in [0.2, 0.25) is 0 Å². The largest absolute Gasteiger partial charge is 0.352 e. The van der Waals surface area contributed by atoms with Gasteiger partial charge in [0.1, 0.15) is 0 Å². The van der Waals surface area contributed by atoms with Crippen LogP contribution in [-0.2, 0) is 14.8 Å². The number of piperidine rings is 2. The number of carbonyl (C=O) groups is 2. The first-order valence-corrected chi connectivity index (χ1v) is 12.7. The molecule has 1 N–H and O–H groups in total. The van der Waals surface area contributed by atoms with Crippen molar-refractivity contribution in [3.8, 4) is 0 Å². The summed E-state index contributed by atoms with van der Waals surface area (Å²) in [6.07, 6.45) is 3.53. The Hall–Kier alpha value is -1.77. The van der Waals surface area contributed by atoms with Crippen molar-refractivity contribution in [1.29, 1.82) is 0 Å². The summed E-state index contributed by atoms with van der Waals surface area (Å²) in [5, 5.41) is 3.13. The number of hydrogen-bond acceptors (Lipinski definition) is 5. The van der Waals surface area contributed by atoms with Gasteiger partial charge in [0.2, 0.25) is 15.9 Å². The average molecular weight is 450 g/mol. The molecule has 0 bridgehead atoms. The Morgan fingerprint density at radius 1 is 1.10 bits per heavy atom. The third kappa shape index (κ3) is 6.14. The van der Waals surface area contributed by atoms with Gasteiger partial charge < -0.3 is 10.2 Å². The summed E-state index contributed by atoms with van der Waals surface area (Å²) >= 11 is 0. The zero-order chi connectivity index (χ0) is 22.6. The molecule has 31 heavy (non-hydrogen) atoms. The molecule has 0 radical (unpaired) electrons. The lowest BCUT2D eigenvalue weighted by atomic mass is 9.96. The fraction of sp³-hybridized carbons (Fsp3) is 0.652. The number of amides is 1. The third-order valence-corrected chi connectivity index (χ3v) is 8.30. The van der Waals surface area contributed by atoms with Gasteiger partial charge in [-0.15, -0.1) is 0 Å². The summed E-state index contributed by atoms with van der Waals surface area (Å²) < 4.78 is 27.3. The highest BCUT2D eigenvalue weighted by Crippen LogP contribution is 2.24. The van der Waals surface area contributed by atoms with E-state index in [4.69, 9.17) is 0 Å². The highest BCUT2D eigenvalue weighted by atomic mass is 32.2. The summed E-state index contributed by atoms with van der Waals surface area (Å²) in [4.78, 5) is 26.7. The van der Waals surface area contributed by atoms with E-state index in [1.54, 1.807) is 12.1 Å². The summed E-state index contributed by atoms with van der Waals surface area (Å²) in [6, 6.07) is 6.13. The Bertz CT molecular complexity index is 877. The maximum atomic E-state index is 12.9. The molecular weight excluding hydrogens is 414 g/mol. The fourth-order valence-electron chi connectivity index (χ4n) is 4.62. The lowest BCUT2D eigenvalue weighted by molar-refractivity contribution is -0.126. The SMILES string of the molecule is CC(=O)c1ccc(S(=O)(=O)N2CCC(C(=O)NC(C)CN3CCCC(C)C3)CC2)cc1. The van der Waals surface area contributed by atoms with Crippen LogP contribution in [0.3, 0.4) is 0 Å². The van der Waals surface area contributed by atoms with Crippen molar-refractivity contribution in [2.75, 3.05) is 32.7 Å². The van der Waals surface area contributed by atoms with Crippen molar-refractivity contribution in [2.24, 2.45) is 11.8 Å². The molecule has 2 unspecified atom stereocenters. The van der Waals surface area contributed by atoms with E-state index < -0.39 is 10.0 Å². The standard InChI is InChI=1S/C23H35N3O4S/c1-17-5-4-12-25(15-17)16-18(2)24-23(28)21-10-13-26(14-11-21)31(29,30)22-8-6-20(7-9-22)19(3)27/h6-9,17-18,21H,4-5,10-16H2,1-3H3,(H,24,28). The van der Waals surface area contributed by atoms with Crippen molar-refractivity contribution < 1.29 is 18.0 Å². The predicted octanol–water partition coefficient (Wildman–Crippen LogP) is 2.53. The first-order chi connectivity index (χ1) is 14.7. The number of nitrogens with one attached hydrogen (secondary N) is 1. The number of Topliss-reactive ketones (excluding diaryl/α,β-unsaturated/α-hetero) is 1. The van der Waals surface area contributed by atoms with Crippen LogP contribution in [0.15, 0.2) is 29.2 Å². The highest BCUT2D eigenvalue weighted by molar-refractivity contribution is 7.89. The number of benzene rings is 1. The van der Waals surface area contributed by atoms with E-state index in [9.17, 15) is 18.0 Å². The molecule has 0 aromatic heterocycles. The van der Waals surface area contributed by atoms with Crippen LogP contribution in [0, 0.1) is 11.8 Å². The molecule has 0 aliphatic carbocycles. The van der Waals surface area contributed by atoms with Gasteiger partial charge in [0, 0.05) is 43.7 Å². The van der Waals surface area contributed by atoms with Crippen molar-refractivity contribution in [3.63, 3.8) is 0 Å². The van der Waals surface area contributed by atoms with Gasteiger partial charge in [-0.1, -0.05) is 19.1 Å². The molecule has 3 rings (SSSR count). The van der Waals surface area contributed by atoms with Gasteiger partial charge >= 0.3 is 0 Å². The van der Waals surface area contributed by atoms with E-state index in [-0.39, 0.29) is 28.5 Å². The maximum absolute atomic E-state index is 12.9. The van der Waals surface area contributed by atoms with Gasteiger partial charge in [0.05, 0.1) is 4.90 Å². The molecule has 2 fully saturated rings. The second kappa shape index (κ2) is 10.2. The smallest absolute Gasteiger partial charge is 0.243 e. The monoisotopic (exact) mass is 449 g/mol. The van der Waals surface area contributed by atoms with Crippen molar-refractivity contribution in [2.45, 2.75) is 57.4 Å². The Kier molecular flexibility index (Phi) is 7.88. The lowest BCUT2D eigenvalue weighted by Crippen LogP contribution is -2.48. The van der Waals surface area contributed by atoms with Crippen LogP contribution in [0.4, 0.5) is 0 Å². The van der Waals surface area contributed by atoms with Gasteiger partial charge in [-0.05, 0) is 64.1 Å². The first-order valence-electron chi connectivity index (χ1n) is 11.3. The van der Waals surface area contributed by atoms with Crippen LogP contribution >= 0.6 is 0 Å². The molecule has 1 aromatic rings. The molecule has 2 saturated heterocycles. The molecule has 7 nitrogen and oxygen atoms in total. The number of hydrogen-bond donors (Lipinski definition) is 1. The van der Waals surface area contributed by atoms with E-state index in [2.05, 4.69) is 17.1 Å². The maximum Gasteiger partial charge on any atom is 0.243 e. The number of likely N-dealkylation sites (tertiary alicyclic amines) is 1. The molecule has 1 amide bonds. The zero-order valence-electron chi connectivity index (χ0n) is 18.8. The molecule has 2 atom stereocenters. The van der Waals surface area contributed by atoms with E-state index in [1.807, 2.05) is 6.92 Å². The molecule has 2 aliphatic rings. The van der Waals surface area contributed by atoms with Crippen molar-refractivity contribution >= 4 is 21.7 Å². The van der Waals surface area contributed by atoms with Crippen LogP contribution in [0.1, 0.15) is 56.8 Å². The molecule has 2 heterocycles. The van der Waals surface area contributed by atoms with Crippen LogP contribution in [-0.4, -0.2) is 68.1 Å². The Morgan fingerprint density at radius 2 is 1.74 bits per heavy atom. The number of ketones is 1. The molecule has 172 valence electrons. The fourth-order valence-corrected chi connectivity index (χ4v) is 6.08. The number of nitrogens with zero attached hydrogens (tertiary/aromatic N) is 2. The summed E-state index contributed by atoms with van der Waals surface area (Å²) in [5.41, 5.74) is 0.488. The molecular formula is C23H35N3O4S. The van der Waals surface area contributed by atoms with Crippen LogP contribution in [0.5, 0.6) is 0 Å². The second-order valence-corrected chi connectivity index (χ2v) is 11.1. The van der Waals surface area contributed by atoms with Crippen LogP contribution in [0.25, 0.3) is 0 Å². The zero-order valence-corrected chi connectivity index (χ0v) is 19.7. The molecule has 0 spiro atoms. The first kappa shape index (κ1) is 23.9. The molecule has 8 heteroatoms. The van der Waals surface area contributed by atoms with Gasteiger partial charge in [-0.25, -0.2) is 8.42 Å². The molecule has 2 aliphatic heterocycles. The van der Waals surface area contributed by atoms with Gasteiger partial charge in [0.25, 0.3) is 0 Å². The lowest BCUT2D eigenvalue weighted by Gasteiger charge is -2.34.